The average molecular weight is 494 g/mol. The summed E-state index contributed by atoms with van der Waals surface area (Å²) in [6.07, 6.45) is 0.932. The predicted octanol–water partition coefficient (Wildman–Crippen LogP) is 1.53. The molecule has 0 fully saturated rings. The van der Waals surface area contributed by atoms with Crippen LogP contribution in [0.15, 0.2) is 48.7 Å². The van der Waals surface area contributed by atoms with Crippen LogP contribution in [0.2, 0.25) is 0 Å². The standard InChI is InChI=1S/C24H23FN6O5/c1-23(2)16-8-7-14(10-15(16)19(32)31-20(23)33)28-18-17(25)11-27-22(30-18)29-13-6-4-5-12(9-13)24(35,36)21(34)26-3/h4-11,35-36H,1-3H3,(H,26,34)(H,31,32,33)(H2,27,28,29,30). The molecule has 36 heavy (non-hydrogen) atoms. The van der Waals surface area contributed by atoms with E-state index in [0.29, 0.717) is 16.9 Å². The number of benzene rings is 2. The van der Waals surface area contributed by atoms with Crippen molar-refractivity contribution >= 4 is 40.9 Å². The number of aliphatic hydroxyl groups is 2. The zero-order valence-corrected chi connectivity index (χ0v) is 19.5. The smallest absolute Gasteiger partial charge is 0.284 e. The number of carbonyl (C=O) groups is 3. The fourth-order valence-corrected chi connectivity index (χ4v) is 3.70. The average Bonchev–Trinajstić information content (AvgIpc) is 2.84. The third-order valence-corrected chi connectivity index (χ3v) is 5.80. The van der Waals surface area contributed by atoms with Crippen molar-refractivity contribution in [1.82, 2.24) is 20.6 Å². The monoisotopic (exact) mass is 494 g/mol. The van der Waals surface area contributed by atoms with Crippen molar-refractivity contribution in [2.75, 3.05) is 17.7 Å². The number of imide groups is 1. The van der Waals surface area contributed by atoms with E-state index >= 15 is 0 Å². The van der Waals surface area contributed by atoms with Gasteiger partial charge in [-0.15, -0.1) is 0 Å². The Morgan fingerprint density at radius 2 is 1.81 bits per heavy atom. The van der Waals surface area contributed by atoms with Crippen LogP contribution in [-0.2, 0) is 20.8 Å². The highest BCUT2D eigenvalue weighted by molar-refractivity contribution is 6.13. The molecule has 0 aliphatic carbocycles. The number of aromatic nitrogens is 2. The summed E-state index contributed by atoms with van der Waals surface area (Å²) in [5, 5.41) is 30.3. The predicted molar refractivity (Wildman–Crippen MR) is 127 cm³/mol. The van der Waals surface area contributed by atoms with Crippen LogP contribution >= 0.6 is 0 Å². The first-order chi connectivity index (χ1) is 16.9. The summed E-state index contributed by atoms with van der Waals surface area (Å²) in [6.45, 7) is 3.40. The maximum atomic E-state index is 14.5. The van der Waals surface area contributed by atoms with Gasteiger partial charge in [0.15, 0.2) is 11.6 Å². The molecule has 0 spiro atoms. The molecule has 0 bridgehead atoms. The van der Waals surface area contributed by atoms with Gasteiger partial charge in [-0.05, 0) is 43.7 Å². The summed E-state index contributed by atoms with van der Waals surface area (Å²) in [7, 11) is 1.27. The van der Waals surface area contributed by atoms with Crippen molar-refractivity contribution in [2.45, 2.75) is 25.0 Å². The second-order valence-corrected chi connectivity index (χ2v) is 8.64. The molecule has 6 N–H and O–H groups in total. The SMILES string of the molecule is CNC(=O)C(O)(O)c1cccc(Nc2ncc(F)c(Nc3ccc4c(c3)C(=O)NC(=O)C4(C)C)n2)c1. The molecule has 3 aromatic rings. The molecule has 0 unspecified atom stereocenters. The maximum absolute atomic E-state index is 14.5. The van der Waals surface area contributed by atoms with E-state index in [0.717, 1.165) is 6.20 Å². The van der Waals surface area contributed by atoms with E-state index in [1.165, 1.54) is 31.3 Å². The molecular weight excluding hydrogens is 471 g/mol. The molecule has 3 amide bonds. The highest BCUT2D eigenvalue weighted by atomic mass is 19.1. The Labute approximate surface area is 204 Å². The van der Waals surface area contributed by atoms with Crippen LogP contribution in [0.25, 0.3) is 0 Å². The lowest BCUT2D eigenvalue weighted by molar-refractivity contribution is -0.189. The van der Waals surface area contributed by atoms with Crippen molar-refractivity contribution in [3.8, 4) is 0 Å². The normalized spacial score (nSPS) is 14.5. The molecule has 186 valence electrons. The molecule has 0 saturated heterocycles. The van der Waals surface area contributed by atoms with Gasteiger partial charge in [0.05, 0.1) is 11.6 Å². The lowest BCUT2D eigenvalue weighted by atomic mass is 9.78. The number of carbonyl (C=O) groups excluding carboxylic acids is 3. The summed E-state index contributed by atoms with van der Waals surface area (Å²) in [5.74, 6) is -5.73. The van der Waals surface area contributed by atoms with Gasteiger partial charge in [0.1, 0.15) is 0 Å². The van der Waals surface area contributed by atoms with Crippen molar-refractivity contribution in [3.63, 3.8) is 0 Å². The van der Waals surface area contributed by atoms with E-state index in [1.807, 2.05) is 0 Å². The van der Waals surface area contributed by atoms with E-state index in [4.69, 9.17) is 0 Å². The molecule has 0 radical (unpaired) electrons. The lowest BCUT2D eigenvalue weighted by Crippen LogP contribution is -2.48. The van der Waals surface area contributed by atoms with Gasteiger partial charge in [-0.3, -0.25) is 19.7 Å². The van der Waals surface area contributed by atoms with Crippen LogP contribution in [0.3, 0.4) is 0 Å². The van der Waals surface area contributed by atoms with Crippen LogP contribution in [-0.4, -0.2) is 45.0 Å². The van der Waals surface area contributed by atoms with Crippen molar-refractivity contribution in [2.24, 2.45) is 0 Å². The fraction of sp³-hybridized carbons (Fsp3) is 0.208. The van der Waals surface area contributed by atoms with Crippen LogP contribution in [0.4, 0.5) is 27.5 Å². The van der Waals surface area contributed by atoms with Gasteiger partial charge < -0.3 is 26.2 Å². The number of nitrogens with zero attached hydrogens (tertiary/aromatic N) is 2. The third-order valence-electron chi connectivity index (χ3n) is 5.80. The van der Waals surface area contributed by atoms with Gasteiger partial charge in [-0.2, -0.15) is 4.98 Å². The highest BCUT2D eigenvalue weighted by Crippen LogP contribution is 2.33. The van der Waals surface area contributed by atoms with Gasteiger partial charge in [-0.25, -0.2) is 9.37 Å². The van der Waals surface area contributed by atoms with Crippen LogP contribution < -0.4 is 21.3 Å². The molecule has 2 aromatic carbocycles. The van der Waals surface area contributed by atoms with Crippen LogP contribution in [0, 0.1) is 5.82 Å². The number of hydrogen-bond acceptors (Lipinski definition) is 9. The zero-order valence-electron chi connectivity index (χ0n) is 19.5. The molecule has 1 aliphatic heterocycles. The van der Waals surface area contributed by atoms with Gasteiger partial charge in [0.25, 0.3) is 17.6 Å². The van der Waals surface area contributed by atoms with Crippen LogP contribution in [0.1, 0.15) is 35.3 Å². The first-order valence-corrected chi connectivity index (χ1v) is 10.8. The number of nitrogens with one attached hydrogen (secondary N) is 4. The number of anilines is 4. The second-order valence-electron chi connectivity index (χ2n) is 8.64. The molecular formula is C24H23FN6O5. The first-order valence-electron chi connectivity index (χ1n) is 10.8. The quantitative estimate of drug-likeness (QED) is 0.220. The summed E-state index contributed by atoms with van der Waals surface area (Å²) in [4.78, 5) is 44.3. The number of hydrogen-bond donors (Lipinski definition) is 6. The molecule has 0 saturated carbocycles. The van der Waals surface area contributed by atoms with E-state index in [-0.39, 0.29) is 22.9 Å². The lowest BCUT2D eigenvalue weighted by Gasteiger charge is -2.30. The first kappa shape index (κ1) is 24.7. The number of rotatable bonds is 6. The Morgan fingerprint density at radius 1 is 1.08 bits per heavy atom. The molecule has 2 heterocycles. The van der Waals surface area contributed by atoms with Crippen molar-refractivity contribution in [1.29, 1.82) is 0 Å². The Hall–Kier alpha value is -4.42. The van der Waals surface area contributed by atoms with Crippen molar-refractivity contribution in [3.05, 3.63) is 71.2 Å². The summed E-state index contributed by atoms with van der Waals surface area (Å²) >= 11 is 0. The Balaban J connectivity index is 1.59. The number of halogens is 1. The largest absolute Gasteiger partial charge is 0.355 e. The molecule has 1 aromatic heterocycles. The summed E-state index contributed by atoms with van der Waals surface area (Å²) in [5.41, 5.74) is 0.469. The minimum absolute atomic E-state index is 0.0279. The maximum Gasteiger partial charge on any atom is 0.284 e. The number of likely N-dealkylation sites (N-methyl/N-ethyl adjacent to an activating group) is 1. The topological polar surface area (TPSA) is 166 Å². The van der Waals surface area contributed by atoms with E-state index in [9.17, 15) is 29.0 Å². The van der Waals surface area contributed by atoms with Crippen LogP contribution in [0.5, 0.6) is 0 Å². The fourth-order valence-electron chi connectivity index (χ4n) is 3.70. The minimum Gasteiger partial charge on any atom is -0.355 e. The molecule has 0 atom stereocenters. The molecule has 4 rings (SSSR count). The number of fused-ring (bicyclic) bond motifs is 1. The third kappa shape index (κ3) is 4.46. The Bertz CT molecular complexity index is 1390. The molecule has 11 nitrogen and oxygen atoms in total. The summed E-state index contributed by atoms with van der Waals surface area (Å²) in [6, 6.07) is 10.4. The van der Waals surface area contributed by atoms with Gasteiger partial charge in [0, 0.05) is 29.5 Å². The van der Waals surface area contributed by atoms with Gasteiger partial charge in [0.2, 0.25) is 11.9 Å². The summed E-state index contributed by atoms with van der Waals surface area (Å²) < 4.78 is 14.5. The number of amides is 3. The molecule has 12 heteroatoms. The minimum atomic E-state index is -2.76. The van der Waals surface area contributed by atoms with Crippen molar-refractivity contribution < 1.29 is 29.0 Å². The Morgan fingerprint density at radius 3 is 2.53 bits per heavy atom. The van der Waals surface area contributed by atoms with Gasteiger partial charge in [-0.1, -0.05) is 18.2 Å². The van der Waals surface area contributed by atoms with E-state index < -0.39 is 34.7 Å². The van der Waals surface area contributed by atoms with E-state index in [2.05, 4.69) is 31.2 Å². The van der Waals surface area contributed by atoms with E-state index in [1.54, 1.807) is 32.0 Å². The Kier molecular flexibility index (Phi) is 6.16. The molecule has 1 aliphatic rings. The zero-order chi connectivity index (χ0) is 26.3. The van der Waals surface area contributed by atoms with Gasteiger partial charge >= 0.3 is 0 Å². The highest BCUT2D eigenvalue weighted by Gasteiger charge is 2.39. The second kappa shape index (κ2) is 8.98.